The SMILES string of the molecule is COc1ccc(Cl)cc1S(=O)(=O)Nc1ccccc1C(=O)NC1CCCCC1. The quantitative estimate of drug-likeness (QED) is 0.730. The van der Waals surface area contributed by atoms with Crippen LogP contribution in [0.15, 0.2) is 47.4 Å². The van der Waals surface area contributed by atoms with E-state index in [4.69, 9.17) is 16.3 Å². The van der Waals surface area contributed by atoms with E-state index in [1.54, 1.807) is 30.3 Å². The fourth-order valence-electron chi connectivity index (χ4n) is 3.34. The second kappa shape index (κ2) is 8.84. The van der Waals surface area contributed by atoms with Gasteiger partial charge in [0.2, 0.25) is 0 Å². The maximum atomic E-state index is 12.9. The maximum absolute atomic E-state index is 12.9. The van der Waals surface area contributed by atoms with Gasteiger partial charge in [0.25, 0.3) is 15.9 Å². The third-order valence-corrected chi connectivity index (χ3v) is 6.39. The van der Waals surface area contributed by atoms with Gasteiger partial charge in [-0.2, -0.15) is 0 Å². The van der Waals surface area contributed by atoms with Crippen LogP contribution in [0.25, 0.3) is 0 Å². The molecule has 0 aliphatic heterocycles. The summed E-state index contributed by atoms with van der Waals surface area (Å²) < 4.78 is 33.5. The fraction of sp³-hybridized carbons (Fsp3) is 0.350. The van der Waals surface area contributed by atoms with E-state index in [0.29, 0.717) is 0 Å². The van der Waals surface area contributed by atoms with E-state index in [-0.39, 0.29) is 38.9 Å². The van der Waals surface area contributed by atoms with Gasteiger partial charge in [-0.3, -0.25) is 9.52 Å². The number of hydrogen-bond donors (Lipinski definition) is 2. The predicted molar refractivity (Wildman–Crippen MR) is 110 cm³/mol. The first-order chi connectivity index (χ1) is 13.4. The Kier molecular flexibility index (Phi) is 6.46. The van der Waals surface area contributed by atoms with Crippen molar-refractivity contribution in [1.82, 2.24) is 5.32 Å². The molecule has 0 bridgehead atoms. The van der Waals surface area contributed by atoms with Gasteiger partial charge in [0.05, 0.1) is 18.4 Å². The number of ether oxygens (including phenoxy) is 1. The highest BCUT2D eigenvalue weighted by atomic mass is 35.5. The number of sulfonamides is 1. The molecule has 0 spiro atoms. The first kappa shape index (κ1) is 20.5. The van der Waals surface area contributed by atoms with Crippen LogP contribution in [0.5, 0.6) is 5.75 Å². The summed E-state index contributed by atoms with van der Waals surface area (Å²) in [6.07, 6.45) is 5.25. The normalized spacial score (nSPS) is 15.1. The summed E-state index contributed by atoms with van der Waals surface area (Å²) in [5, 5.41) is 3.28. The lowest BCUT2D eigenvalue weighted by molar-refractivity contribution is 0.0928. The van der Waals surface area contributed by atoms with Crippen molar-refractivity contribution in [3.63, 3.8) is 0 Å². The van der Waals surface area contributed by atoms with E-state index in [1.807, 2.05) is 0 Å². The molecular weight excluding hydrogens is 400 g/mol. The Hall–Kier alpha value is -2.25. The Balaban J connectivity index is 1.86. The van der Waals surface area contributed by atoms with E-state index in [2.05, 4.69) is 10.0 Å². The van der Waals surface area contributed by atoms with Gasteiger partial charge in [-0.05, 0) is 43.2 Å². The van der Waals surface area contributed by atoms with E-state index >= 15 is 0 Å². The number of rotatable bonds is 6. The number of carbonyl (C=O) groups excluding carboxylic acids is 1. The predicted octanol–water partition coefficient (Wildman–Crippen LogP) is 4.21. The first-order valence-electron chi connectivity index (χ1n) is 9.17. The molecule has 0 saturated heterocycles. The number of methoxy groups -OCH3 is 1. The zero-order valence-electron chi connectivity index (χ0n) is 15.6. The fourth-order valence-corrected chi connectivity index (χ4v) is 4.85. The standard InChI is InChI=1S/C20H23ClN2O4S/c1-27-18-12-11-14(21)13-19(18)28(25,26)23-17-10-6-5-9-16(17)20(24)22-15-7-3-2-4-8-15/h5-6,9-13,15,23H,2-4,7-8H2,1H3,(H,22,24). The van der Waals surface area contributed by atoms with Crippen LogP contribution in [0.1, 0.15) is 42.5 Å². The number of benzene rings is 2. The summed E-state index contributed by atoms with van der Waals surface area (Å²) in [6.45, 7) is 0. The van der Waals surface area contributed by atoms with Crippen molar-refractivity contribution in [1.29, 1.82) is 0 Å². The van der Waals surface area contributed by atoms with Gasteiger partial charge >= 0.3 is 0 Å². The van der Waals surface area contributed by atoms with Crippen LogP contribution in [0.2, 0.25) is 5.02 Å². The molecule has 2 N–H and O–H groups in total. The molecule has 3 rings (SSSR count). The second-order valence-electron chi connectivity index (χ2n) is 6.75. The Morgan fingerprint density at radius 1 is 1.11 bits per heavy atom. The van der Waals surface area contributed by atoms with Crippen molar-refractivity contribution in [2.24, 2.45) is 0 Å². The highest BCUT2D eigenvalue weighted by molar-refractivity contribution is 7.92. The second-order valence-corrected chi connectivity index (χ2v) is 8.84. The summed E-state index contributed by atoms with van der Waals surface area (Å²) in [7, 11) is -2.62. The van der Waals surface area contributed by atoms with Gasteiger partial charge in [-0.15, -0.1) is 0 Å². The number of hydrogen-bond acceptors (Lipinski definition) is 4. The van der Waals surface area contributed by atoms with E-state index in [1.165, 1.54) is 25.7 Å². The average Bonchev–Trinajstić information content (AvgIpc) is 2.69. The molecular formula is C20H23ClN2O4S. The van der Waals surface area contributed by atoms with Crippen LogP contribution >= 0.6 is 11.6 Å². The van der Waals surface area contributed by atoms with Gasteiger partial charge in [0.1, 0.15) is 10.6 Å². The highest BCUT2D eigenvalue weighted by Gasteiger charge is 2.24. The van der Waals surface area contributed by atoms with Gasteiger partial charge in [-0.1, -0.05) is 43.0 Å². The van der Waals surface area contributed by atoms with Crippen molar-refractivity contribution in [2.75, 3.05) is 11.8 Å². The third kappa shape index (κ3) is 4.77. The minimum absolute atomic E-state index is 0.0926. The van der Waals surface area contributed by atoms with Crippen LogP contribution in [-0.2, 0) is 10.0 Å². The molecule has 1 aliphatic rings. The molecule has 6 nitrogen and oxygen atoms in total. The molecule has 1 amide bonds. The Morgan fingerprint density at radius 3 is 2.54 bits per heavy atom. The van der Waals surface area contributed by atoms with E-state index < -0.39 is 10.0 Å². The molecule has 0 heterocycles. The maximum Gasteiger partial charge on any atom is 0.265 e. The largest absolute Gasteiger partial charge is 0.495 e. The van der Waals surface area contributed by atoms with Gasteiger partial charge < -0.3 is 10.1 Å². The molecule has 0 atom stereocenters. The summed E-state index contributed by atoms with van der Waals surface area (Å²) in [5.41, 5.74) is 0.482. The van der Waals surface area contributed by atoms with E-state index in [0.717, 1.165) is 25.7 Å². The summed E-state index contributed by atoms with van der Waals surface area (Å²) >= 11 is 5.96. The van der Waals surface area contributed by atoms with E-state index in [9.17, 15) is 13.2 Å². The number of para-hydroxylation sites is 1. The zero-order chi connectivity index (χ0) is 20.1. The zero-order valence-corrected chi connectivity index (χ0v) is 17.1. The number of anilines is 1. The Bertz CT molecular complexity index is 956. The monoisotopic (exact) mass is 422 g/mol. The van der Waals surface area contributed by atoms with Crippen molar-refractivity contribution in [3.05, 3.63) is 53.1 Å². The van der Waals surface area contributed by atoms with Crippen LogP contribution < -0.4 is 14.8 Å². The summed E-state index contributed by atoms with van der Waals surface area (Å²) in [5.74, 6) is -0.121. The van der Waals surface area contributed by atoms with Crippen molar-refractivity contribution >= 4 is 33.2 Å². The van der Waals surface area contributed by atoms with Crippen molar-refractivity contribution < 1.29 is 17.9 Å². The average molecular weight is 423 g/mol. The van der Waals surface area contributed by atoms with Crippen molar-refractivity contribution in [2.45, 2.75) is 43.0 Å². The lowest BCUT2D eigenvalue weighted by atomic mass is 9.95. The number of nitrogens with one attached hydrogen (secondary N) is 2. The van der Waals surface area contributed by atoms with Gasteiger partial charge in [-0.25, -0.2) is 8.42 Å². The van der Waals surface area contributed by atoms with Crippen molar-refractivity contribution in [3.8, 4) is 5.75 Å². The molecule has 1 fully saturated rings. The number of amides is 1. The third-order valence-electron chi connectivity index (χ3n) is 4.77. The molecule has 0 aromatic heterocycles. The molecule has 28 heavy (non-hydrogen) atoms. The summed E-state index contributed by atoms with van der Waals surface area (Å²) in [6, 6.07) is 11.0. The van der Waals surface area contributed by atoms with Crippen LogP contribution in [-0.4, -0.2) is 27.5 Å². The molecule has 0 unspecified atom stereocenters. The first-order valence-corrected chi connectivity index (χ1v) is 11.0. The molecule has 2 aromatic rings. The van der Waals surface area contributed by atoms with Crippen LogP contribution in [0, 0.1) is 0 Å². The van der Waals surface area contributed by atoms with Gasteiger partial charge in [0, 0.05) is 11.1 Å². The lowest BCUT2D eigenvalue weighted by Crippen LogP contribution is -2.36. The minimum Gasteiger partial charge on any atom is -0.495 e. The molecule has 1 saturated carbocycles. The molecule has 2 aromatic carbocycles. The highest BCUT2D eigenvalue weighted by Crippen LogP contribution is 2.29. The number of carbonyl (C=O) groups is 1. The minimum atomic E-state index is -4.01. The lowest BCUT2D eigenvalue weighted by Gasteiger charge is -2.23. The topological polar surface area (TPSA) is 84.5 Å². The molecule has 0 radical (unpaired) electrons. The Labute approximate surface area is 170 Å². The molecule has 1 aliphatic carbocycles. The van der Waals surface area contributed by atoms with Crippen LogP contribution in [0.4, 0.5) is 5.69 Å². The van der Waals surface area contributed by atoms with Crippen LogP contribution in [0.3, 0.4) is 0 Å². The molecule has 8 heteroatoms. The smallest absolute Gasteiger partial charge is 0.265 e. The summed E-state index contributed by atoms with van der Waals surface area (Å²) in [4.78, 5) is 12.6. The molecule has 150 valence electrons. The van der Waals surface area contributed by atoms with Gasteiger partial charge in [0.15, 0.2) is 0 Å². The number of halogens is 1. The Morgan fingerprint density at radius 2 is 1.82 bits per heavy atom.